The topological polar surface area (TPSA) is 43.4 Å². The van der Waals surface area contributed by atoms with E-state index in [1.807, 2.05) is 18.2 Å². The Morgan fingerprint density at radius 3 is 2.60 bits per heavy atom. The molecule has 1 fully saturated rings. The van der Waals surface area contributed by atoms with E-state index in [1.165, 1.54) is 0 Å². The van der Waals surface area contributed by atoms with Crippen molar-refractivity contribution in [2.75, 3.05) is 11.5 Å². The Morgan fingerprint density at radius 1 is 1.25 bits per heavy atom. The zero-order valence-electron chi connectivity index (χ0n) is 10.8. The number of esters is 1. The summed E-state index contributed by atoms with van der Waals surface area (Å²) in [5.41, 5.74) is 1.30. The molecule has 20 heavy (non-hydrogen) atoms. The van der Waals surface area contributed by atoms with Crippen LogP contribution in [0.2, 0.25) is 0 Å². The first kappa shape index (κ1) is 13.8. The molecular weight excluding hydrogens is 292 g/mol. The number of rotatable bonds is 3. The van der Waals surface area contributed by atoms with Crippen LogP contribution in [0.1, 0.15) is 16.8 Å². The van der Waals surface area contributed by atoms with Crippen LogP contribution in [0.5, 0.6) is 0 Å². The first-order valence-corrected chi connectivity index (χ1v) is 8.42. The Hall–Kier alpha value is -1.20. The lowest BCUT2D eigenvalue weighted by Crippen LogP contribution is -2.22. The minimum Gasteiger partial charge on any atom is -0.454 e. The summed E-state index contributed by atoms with van der Waals surface area (Å²) in [6, 6.07) is 8.94. The molecule has 5 heteroatoms. The molecule has 0 radical (unpaired) electrons. The van der Waals surface area contributed by atoms with Gasteiger partial charge in [0.25, 0.3) is 0 Å². The third kappa shape index (κ3) is 2.52. The van der Waals surface area contributed by atoms with Crippen LogP contribution in [0.4, 0.5) is 0 Å². The SMILES string of the molecule is O=CC1=CC(OC(=O)c2ccccc2)CC12SCCS2. The molecule has 0 N–H and O–H groups in total. The highest BCUT2D eigenvalue weighted by molar-refractivity contribution is 8.21. The second-order valence-corrected chi connectivity index (χ2v) is 7.75. The number of thioether (sulfide) groups is 2. The smallest absolute Gasteiger partial charge is 0.338 e. The molecule has 3 nitrogen and oxygen atoms in total. The zero-order chi connectivity index (χ0) is 14.0. The number of carbonyl (C=O) groups is 2. The molecule has 0 bridgehead atoms. The Bertz CT molecular complexity index is 547. The predicted molar refractivity (Wildman–Crippen MR) is 82.1 cm³/mol. The normalized spacial score (nSPS) is 23.6. The maximum atomic E-state index is 12.0. The lowest BCUT2D eigenvalue weighted by molar-refractivity contribution is -0.105. The van der Waals surface area contributed by atoms with Crippen LogP contribution in [0, 0.1) is 0 Å². The molecule has 0 saturated carbocycles. The molecule has 1 saturated heterocycles. The van der Waals surface area contributed by atoms with E-state index in [1.54, 1.807) is 41.7 Å². The van der Waals surface area contributed by atoms with Gasteiger partial charge in [-0.2, -0.15) is 0 Å². The third-order valence-electron chi connectivity index (χ3n) is 3.42. The summed E-state index contributed by atoms with van der Waals surface area (Å²) >= 11 is 3.57. The molecule has 1 aromatic rings. The van der Waals surface area contributed by atoms with Crippen LogP contribution in [-0.4, -0.2) is 33.9 Å². The highest BCUT2D eigenvalue weighted by Gasteiger charge is 2.46. The molecule has 3 rings (SSSR count). The van der Waals surface area contributed by atoms with Crippen LogP contribution in [0.25, 0.3) is 0 Å². The van der Waals surface area contributed by atoms with Crippen LogP contribution in [0.3, 0.4) is 0 Å². The molecule has 1 heterocycles. The second kappa shape index (κ2) is 5.66. The summed E-state index contributed by atoms with van der Waals surface area (Å²) in [7, 11) is 0. The highest BCUT2D eigenvalue weighted by atomic mass is 32.2. The van der Waals surface area contributed by atoms with Crippen LogP contribution in [0.15, 0.2) is 42.0 Å². The summed E-state index contributed by atoms with van der Waals surface area (Å²) in [6.45, 7) is 0. The first-order chi connectivity index (χ1) is 9.73. The number of benzene rings is 1. The number of hydrogen-bond donors (Lipinski definition) is 0. The van der Waals surface area contributed by atoms with Crippen LogP contribution >= 0.6 is 23.5 Å². The number of carbonyl (C=O) groups excluding carboxylic acids is 2. The van der Waals surface area contributed by atoms with Crippen molar-refractivity contribution < 1.29 is 14.3 Å². The minimum atomic E-state index is -0.331. The Balaban J connectivity index is 1.72. The molecule has 1 aromatic carbocycles. The summed E-state index contributed by atoms with van der Waals surface area (Å²) in [6.07, 6.45) is 3.09. The molecule has 2 aliphatic rings. The molecular formula is C15H14O3S2. The minimum absolute atomic E-state index is 0.191. The molecule has 104 valence electrons. The van der Waals surface area contributed by atoms with Gasteiger partial charge in [0.1, 0.15) is 12.4 Å². The van der Waals surface area contributed by atoms with Gasteiger partial charge in [0.15, 0.2) is 0 Å². The molecule has 1 aliphatic heterocycles. The highest BCUT2D eigenvalue weighted by Crippen LogP contribution is 2.54. The van der Waals surface area contributed by atoms with E-state index in [-0.39, 0.29) is 16.2 Å². The van der Waals surface area contributed by atoms with Gasteiger partial charge >= 0.3 is 5.97 Å². The van der Waals surface area contributed by atoms with Crippen molar-refractivity contribution in [3.05, 3.63) is 47.5 Å². The maximum Gasteiger partial charge on any atom is 0.338 e. The molecule has 1 spiro atoms. The van der Waals surface area contributed by atoms with E-state index < -0.39 is 0 Å². The van der Waals surface area contributed by atoms with Crippen molar-refractivity contribution in [3.8, 4) is 0 Å². The fourth-order valence-electron chi connectivity index (χ4n) is 2.49. The van der Waals surface area contributed by atoms with Crippen molar-refractivity contribution in [1.29, 1.82) is 0 Å². The van der Waals surface area contributed by atoms with Gasteiger partial charge < -0.3 is 4.74 Å². The second-order valence-electron chi connectivity index (χ2n) is 4.70. The lowest BCUT2D eigenvalue weighted by atomic mass is 10.2. The Morgan fingerprint density at radius 2 is 1.95 bits per heavy atom. The third-order valence-corrected chi connectivity index (χ3v) is 6.94. The van der Waals surface area contributed by atoms with Gasteiger partial charge in [0.05, 0.1) is 9.64 Å². The van der Waals surface area contributed by atoms with Crippen molar-refractivity contribution in [3.63, 3.8) is 0 Å². The van der Waals surface area contributed by atoms with Crippen molar-refractivity contribution in [1.82, 2.24) is 0 Å². The van der Waals surface area contributed by atoms with Crippen molar-refractivity contribution in [2.24, 2.45) is 0 Å². The average Bonchev–Trinajstić information content (AvgIpc) is 3.08. The standard InChI is InChI=1S/C15H14O3S2/c16-10-12-8-13(9-15(12)19-6-7-20-15)18-14(17)11-4-2-1-3-5-11/h1-5,8,10,13H,6-7,9H2. The van der Waals surface area contributed by atoms with Gasteiger partial charge in [0, 0.05) is 23.5 Å². The van der Waals surface area contributed by atoms with E-state index in [2.05, 4.69) is 0 Å². The average molecular weight is 306 g/mol. The number of hydrogen-bond acceptors (Lipinski definition) is 5. The zero-order valence-corrected chi connectivity index (χ0v) is 12.4. The fourth-order valence-corrected chi connectivity index (χ4v) is 5.78. The van der Waals surface area contributed by atoms with Gasteiger partial charge in [-0.25, -0.2) is 4.79 Å². The Kier molecular flexibility index (Phi) is 3.89. The van der Waals surface area contributed by atoms with Gasteiger partial charge in [0.2, 0.25) is 0 Å². The van der Waals surface area contributed by atoms with Crippen LogP contribution < -0.4 is 0 Å². The van der Waals surface area contributed by atoms with E-state index in [0.717, 1.165) is 23.4 Å². The van der Waals surface area contributed by atoms with E-state index in [9.17, 15) is 9.59 Å². The molecule has 1 atom stereocenters. The maximum absolute atomic E-state index is 12.0. The van der Waals surface area contributed by atoms with Crippen LogP contribution in [-0.2, 0) is 9.53 Å². The van der Waals surface area contributed by atoms with Crippen molar-refractivity contribution in [2.45, 2.75) is 16.6 Å². The lowest BCUT2D eigenvalue weighted by Gasteiger charge is -2.23. The fraction of sp³-hybridized carbons (Fsp3) is 0.333. The number of ether oxygens (including phenoxy) is 1. The molecule has 0 amide bonds. The van der Waals surface area contributed by atoms with Gasteiger partial charge in [-0.15, -0.1) is 23.5 Å². The monoisotopic (exact) mass is 306 g/mol. The summed E-state index contributed by atoms with van der Waals surface area (Å²) in [5.74, 6) is 1.74. The quantitative estimate of drug-likeness (QED) is 0.634. The summed E-state index contributed by atoms with van der Waals surface area (Å²) in [4.78, 5) is 23.3. The van der Waals surface area contributed by atoms with E-state index >= 15 is 0 Å². The van der Waals surface area contributed by atoms with Crippen molar-refractivity contribution >= 4 is 35.8 Å². The van der Waals surface area contributed by atoms with E-state index in [0.29, 0.717) is 12.0 Å². The van der Waals surface area contributed by atoms with Gasteiger partial charge in [-0.1, -0.05) is 18.2 Å². The van der Waals surface area contributed by atoms with Gasteiger partial charge in [-0.05, 0) is 18.2 Å². The summed E-state index contributed by atoms with van der Waals surface area (Å²) < 4.78 is 5.32. The number of aldehydes is 1. The Labute approximate surface area is 126 Å². The molecule has 0 aromatic heterocycles. The molecule has 1 aliphatic carbocycles. The molecule has 1 unspecified atom stereocenters. The van der Waals surface area contributed by atoms with E-state index in [4.69, 9.17) is 4.74 Å². The van der Waals surface area contributed by atoms with Gasteiger partial charge in [-0.3, -0.25) is 4.79 Å². The first-order valence-electron chi connectivity index (χ1n) is 6.45. The largest absolute Gasteiger partial charge is 0.454 e. The predicted octanol–water partition coefficient (Wildman–Crippen LogP) is 2.92. The summed E-state index contributed by atoms with van der Waals surface area (Å²) in [5, 5.41) is 0.